The molecule has 0 amide bonds. The molecule has 0 saturated heterocycles. The molecule has 1 N–H and O–H groups in total. The van der Waals surface area contributed by atoms with Crippen molar-refractivity contribution < 1.29 is 0 Å². The summed E-state index contributed by atoms with van der Waals surface area (Å²) in [5, 5.41) is 3.43. The molecular formula is C14H27N. The first-order chi connectivity index (χ1) is 7.29. The normalized spacial score (nSPS) is 42.8. The van der Waals surface area contributed by atoms with Crippen molar-refractivity contribution in [3.8, 4) is 0 Å². The molecule has 0 bridgehead atoms. The molecule has 0 atom stereocenters. The molecule has 2 aliphatic rings. The maximum absolute atomic E-state index is 3.43. The summed E-state index contributed by atoms with van der Waals surface area (Å²) in [5.41, 5.74) is 0. The Bertz CT molecular complexity index is 174. The fraction of sp³-hybridized carbons (Fsp3) is 1.00. The molecule has 0 spiro atoms. The van der Waals surface area contributed by atoms with Crippen LogP contribution in [0.4, 0.5) is 0 Å². The van der Waals surface area contributed by atoms with Crippen molar-refractivity contribution in [3.63, 3.8) is 0 Å². The summed E-state index contributed by atoms with van der Waals surface area (Å²) in [6.07, 6.45) is 11.9. The minimum atomic E-state index is 0.823. The predicted molar refractivity (Wildman–Crippen MR) is 65.9 cm³/mol. The van der Waals surface area contributed by atoms with Crippen molar-refractivity contribution in [1.29, 1.82) is 0 Å². The Hall–Kier alpha value is -0.0400. The molecule has 1 heteroatoms. The second-order valence-electron chi connectivity index (χ2n) is 5.92. The van der Waals surface area contributed by atoms with E-state index in [-0.39, 0.29) is 0 Å². The summed E-state index contributed by atoms with van der Waals surface area (Å²) >= 11 is 0. The smallest absolute Gasteiger partial charge is 0.00642 e. The van der Waals surface area contributed by atoms with Gasteiger partial charge >= 0.3 is 0 Å². The van der Waals surface area contributed by atoms with Crippen molar-refractivity contribution in [2.24, 2.45) is 17.8 Å². The van der Waals surface area contributed by atoms with E-state index in [0.29, 0.717) is 0 Å². The number of rotatable bonds is 2. The third kappa shape index (κ3) is 2.96. The van der Waals surface area contributed by atoms with Crippen molar-refractivity contribution in [2.75, 3.05) is 7.05 Å². The first kappa shape index (κ1) is 11.4. The molecule has 2 fully saturated rings. The average molecular weight is 209 g/mol. The molecule has 0 radical (unpaired) electrons. The van der Waals surface area contributed by atoms with Crippen LogP contribution >= 0.6 is 0 Å². The van der Waals surface area contributed by atoms with E-state index in [0.717, 1.165) is 23.8 Å². The van der Waals surface area contributed by atoms with Crippen LogP contribution in [0.1, 0.15) is 58.3 Å². The number of nitrogens with one attached hydrogen (secondary N) is 1. The SMILES string of the molecule is CNC1CCC(C2CCC(C)CC2)CC1. The van der Waals surface area contributed by atoms with Gasteiger partial charge in [-0.3, -0.25) is 0 Å². The summed E-state index contributed by atoms with van der Waals surface area (Å²) in [4.78, 5) is 0. The van der Waals surface area contributed by atoms with Gasteiger partial charge in [0, 0.05) is 6.04 Å². The highest BCUT2D eigenvalue weighted by Crippen LogP contribution is 2.39. The number of hydrogen-bond donors (Lipinski definition) is 1. The van der Waals surface area contributed by atoms with E-state index >= 15 is 0 Å². The summed E-state index contributed by atoms with van der Waals surface area (Å²) in [6, 6.07) is 0.823. The van der Waals surface area contributed by atoms with Gasteiger partial charge in [-0.05, 0) is 63.3 Å². The molecule has 2 saturated carbocycles. The molecule has 0 aliphatic heterocycles. The van der Waals surface area contributed by atoms with Crippen LogP contribution in [0.25, 0.3) is 0 Å². The molecule has 2 rings (SSSR count). The lowest BCUT2D eigenvalue weighted by Gasteiger charge is -2.37. The van der Waals surface area contributed by atoms with Crippen LogP contribution in [0, 0.1) is 17.8 Å². The van der Waals surface area contributed by atoms with Gasteiger partial charge in [0.1, 0.15) is 0 Å². The zero-order valence-electron chi connectivity index (χ0n) is 10.5. The van der Waals surface area contributed by atoms with E-state index < -0.39 is 0 Å². The van der Waals surface area contributed by atoms with Gasteiger partial charge in [-0.25, -0.2) is 0 Å². The Morgan fingerprint density at radius 1 is 0.733 bits per heavy atom. The molecular weight excluding hydrogens is 182 g/mol. The second-order valence-corrected chi connectivity index (χ2v) is 5.92. The summed E-state index contributed by atoms with van der Waals surface area (Å²) < 4.78 is 0. The lowest BCUT2D eigenvalue weighted by atomic mass is 9.70. The molecule has 0 heterocycles. The first-order valence-electron chi connectivity index (χ1n) is 6.97. The van der Waals surface area contributed by atoms with Crippen LogP contribution in [0.2, 0.25) is 0 Å². The Morgan fingerprint density at radius 3 is 1.67 bits per heavy atom. The van der Waals surface area contributed by atoms with Gasteiger partial charge in [0.25, 0.3) is 0 Å². The Balaban J connectivity index is 1.75. The van der Waals surface area contributed by atoms with Crippen molar-refractivity contribution in [2.45, 2.75) is 64.3 Å². The third-order valence-corrected chi connectivity index (χ3v) is 4.91. The highest BCUT2D eigenvalue weighted by Gasteiger charge is 2.29. The van der Waals surface area contributed by atoms with Crippen LogP contribution in [0.3, 0.4) is 0 Å². The quantitative estimate of drug-likeness (QED) is 0.733. The standard InChI is InChI=1S/C14H27N/c1-11-3-5-12(6-4-11)13-7-9-14(15-2)10-8-13/h11-15H,3-10H2,1-2H3. The van der Waals surface area contributed by atoms with Crippen molar-refractivity contribution >= 4 is 0 Å². The van der Waals surface area contributed by atoms with E-state index in [4.69, 9.17) is 0 Å². The largest absolute Gasteiger partial charge is 0.317 e. The molecule has 88 valence electrons. The van der Waals surface area contributed by atoms with Crippen LogP contribution in [-0.2, 0) is 0 Å². The second kappa shape index (κ2) is 5.34. The number of hydrogen-bond acceptors (Lipinski definition) is 1. The van der Waals surface area contributed by atoms with Gasteiger partial charge in [-0.15, -0.1) is 0 Å². The fourth-order valence-electron chi connectivity index (χ4n) is 3.64. The summed E-state index contributed by atoms with van der Waals surface area (Å²) in [5.74, 6) is 3.16. The molecule has 15 heavy (non-hydrogen) atoms. The molecule has 0 aromatic carbocycles. The first-order valence-corrected chi connectivity index (χ1v) is 6.97. The lowest BCUT2D eigenvalue weighted by Crippen LogP contribution is -2.33. The zero-order valence-corrected chi connectivity index (χ0v) is 10.5. The van der Waals surface area contributed by atoms with Crippen LogP contribution in [0.5, 0.6) is 0 Å². The molecule has 1 nitrogen and oxygen atoms in total. The van der Waals surface area contributed by atoms with Gasteiger partial charge in [0.2, 0.25) is 0 Å². The van der Waals surface area contributed by atoms with E-state index in [1.54, 1.807) is 0 Å². The van der Waals surface area contributed by atoms with E-state index in [9.17, 15) is 0 Å². The minimum Gasteiger partial charge on any atom is -0.317 e. The lowest BCUT2D eigenvalue weighted by molar-refractivity contribution is 0.160. The van der Waals surface area contributed by atoms with Crippen LogP contribution in [0.15, 0.2) is 0 Å². The van der Waals surface area contributed by atoms with Gasteiger partial charge in [0.15, 0.2) is 0 Å². The molecule has 0 aromatic rings. The van der Waals surface area contributed by atoms with Crippen LogP contribution in [-0.4, -0.2) is 13.1 Å². The minimum absolute atomic E-state index is 0.823. The Kier molecular flexibility index (Phi) is 4.07. The highest BCUT2D eigenvalue weighted by molar-refractivity contribution is 4.82. The van der Waals surface area contributed by atoms with E-state index in [2.05, 4.69) is 19.3 Å². The fourth-order valence-corrected chi connectivity index (χ4v) is 3.64. The summed E-state index contributed by atoms with van der Waals surface area (Å²) in [7, 11) is 2.12. The maximum Gasteiger partial charge on any atom is 0.00642 e. The van der Waals surface area contributed by atoms with Crippen molar-refractivity contribution in [1.82, 2.24) is 5.32 Å². The van der Waals surface area contributed by atoms with Crippen molar-refractivity contribution in [3.05, 3.63) is 0 Å². The average Bonchev–Trinajstić information content (AvgIpc) is 2.30. The molecule has 0 aromatic heterocycles. The van der Waals surface area contributed by atoms with Gasteiger partial charge in [-0.1, -0.05) is 19.8 Å². The highest BCUT2D eigenvalue weighted by atomic mass is 14.9. The van der Waals surface area contributed by atoms with E-state index in [1.807, 2.05) is 0 Å². The Morgan fingerprint density at radius 2 is 1.20 bits per heavy atom. The van der Waals surface area contributed by atoms with E-state index in [1.165, 1.54) is 51.4 Å². The van der Waals surface area contributed by atoms with Gasteiger partial charge < -0.3 is 5.32 Å². The van der Waals surface area contributed by atoms with Crippen LogP contribution < -0.4 is 5.32 Å². The van der Waals surface area contributed by atoms with Gasteiger partial charge in [0.05, 0.1) is 0 Å². The maximum atomic E-state index is 3.43. The zero-order chi connectivity index (χ0) is 10.7. The monoisotopic (exact) mass is 209 g/mol. The Labute approximate surface area is 95.0 Å². The predicted octanol–water partition coefficient (Wildman–Crippen LogP) is 3.59. The van der Waals surface area contributed by atoms with Gasteiger partial charge in [-0.2, -0.15) is 0 Å². The molecule has 0 unspecified atom stereocenters. The topological polar surface area (TPSA) is 12.0 Å². The summed E-state index contributed by atoms with van der Waals surface area (Å²) in [6.45, 7) is 2.42. The molecule has 2 aliphatic carbocycles. The third-order valence-electron chi connectivity index (χ3n) is 4.91.